The first-order valence-electron chi connectivity index (χ1n) is 7.30. The molecule has 2 aromatic rings. The van der Waals surface area contributed by atoms with Crippen molar-refractivity contribution in [3.63, 3.8) is 0 Å². The number of aryl methyl sites for hydroxylation is 2. The summed E-state index contributed by atoms with van der Waals surface area (Å²) in [6.45, 7) is 7.03. The van der Waals surface area contributed by atoms with E-state index < -0.39 is 0 Å². The third-order valence-electron chi connectivity index (χ3n) is 3.04. The number of aliphatic imine (C=N–C) groups is 1. The van der Waals surface area contributed by atoms with Crippen LogP contribution in [0.25, 0.3) is 0 Å². The van der Waals surface area contributed by atoms with Gasteiger partial charge in [-0.2, -0.15) is 0 Å². The highest BCUT2D eigenvalue weighted by Gasteiger charge is 2.04. The van der Waals surface area contributed by atoms with Crippen LogP contribution in [-0.2, 0) is 6.54 Å². The molecule has 0 bridgehead atoms. The van der Waals surface area contributed by atoms with Gasteiger partial charge in [0.05, 0.1) is 13.2 Å². The van der Waals surface area contributed by atoms with E-state index in [-0.39, 0.29) is 0 Å². The molecule has 1 aromatic heterocycles. The van der Waals surface area contributed by atoms with E-state index in [0.717, 1.165) is 11.3 Å². The highest BCUT2D eigenvalue weighted by atomic mass is 16.5. The van der Waals surface area contributed by atoms with E-state index in [0.29, 0.717) is 25.0 Å². The Labute approximate surface area is 131 Å². The Kier molecular flexibility index (Phi) is 5.36. The molecule has 0 unspecified atom stereocenters. The zero-order valence-corrected chi connectivity index (χ0v) is 13.3. The molecule has 0 saturated carbocycles. The molecule has 3 N–H and O–H groups in total. The summed E-state index contributed by atoms with van der Waals surface area (Å²) < 4.78 is 5.48. The van der Waals surface area contributed by atoms with Gasteiger partial charge in [-0.15, -0.1) is 0 Å². The number of benzene rings is 1. The summed E-state index contributed by atoms with van der Waals surface area (Å²) in [4.78, 5) is 8.56. The van der Waals surface area contributed by atoms with Gasteiger partial charge in [0.25, 0.3) is 0 Å². The van der Waals surface area contributed by atoms with E-state index in [1.54, 1.807) is 6.20 Å². The van der Waals surface area contributed by atoms with Crippen molar-refractivity contribution in [1.29, 1.82) is 0 Å². The summed E-state index contributed by atoms with van der Waals surface area (Å²) >= 11 is 0. The Hall–Kier alpha value is -2.56. The topological polar surface area (TPSA) is 72.5 Å². The molecule has 0 aliphatic rings. The molecule has 0 spiro atoms. The summed E-state index contributed by atoms with van der Waals surface area (Å²) in [7, 11) is 0. The van der Waals surface area contributed by atoms with E-state index >= 15 is 0 Å². The summed E-state index contributed by atoms with van der Waals surface area (Å²) in [5, 5.41) is 3.11. The van der Waals surface area contributed by atoms with Crippen molar-refractivity contribution in [3.05, 3.63) is 53.2 Å². The molecule has 5 nitrogen and oxygen atoms in total. The second-order valence-electron chi connectivity index (χ2n) is 5.10. The number of rotatable bonds is 5. The Balaban J connectivity index is 2.06. The Morgan fingerprint density at radius 1 is 1.27 bits per heavy atom. The molecule has 1 heterocycles. The van der Waals surface area contributed by atoms with Crippen molar-refractivity contribution >= 4 is 11.6 Å². The molecule has 22 heavy (non-hydrogen) atoms. The zero-order valence-electron chi connectivity index (χ0n) is 13.3. The lowest BCUT2D eigenvalue weighted by molar-refractivity contribution is 0.323. The molecule has 0 aliphatic heterocycles. The Morgan fingerprint density at radius 3 is 2.68 bits per heavy atom. The second kappa shape index (κ2) is 7.45. The summed E-state index contributed by atoms with van der Waals surface area (Å²) in [5.74, 6) is 0.976. The summed E-state index contributed by atoms with van der Waals surface area (Å²) in [6, 6.07) is 9.98. The van der Waals surface area contributed by atoms with E-state index in [1.165, 1.54) is 11.1 Å². The fourth-order valence-corrected chi connectivity index (χ4v) is 2.22. The number of hydrogen-bond donors (Lipinski definition) is 2. The van der Waals surface area contributed by atoms with Crippen LogP contribution in [0.15, 0.2) is 41.5 Å². The maximum Gasteiger partial charge on any atom is 0.218 e. The molecule has 0 fully saturated rings. The normalized spacial score (nSPS) is 11.3. The SMILES string of the molecule is CCOc1ncccc1CN=C(N)Nc1cc(C)cc(C)c1. The van der Waals surface area contributed by atoms with Gasteiger partial charge in [-0.05, 0) is 50.1 Å². The third-order valence-corrected chi connectivity index (χ3v) is 3.04. The van der Waals surface area contributed by atoms with Crippen LogP contribution in [0.1, 0.15) is 23.6 Å². The minimum Gasteiger partial charge on any atom is -0.478 e. The molecule has 0 atom stereocenters. The molecule has 0 aliphatic carbocycles. The lowest BCUT2D eigenvalue weighted by Gasteiger charge is -2.09. The number of guanidine groups is 1. The number of nitrogens with two attached hydrogens (primary N) is 1. The van der Waals surface area contributed by atoms with Crippen molar-refractivity contribution < 1.29 is 4.74 Å². The largest absolute Gasteiger partial charge is 0.478 e. The number of anilines is 1. The van der Waals surface area contributed by atoms with E-state index in [9.17, 15) is 0 Å². The van der Waals surface area contributed by atoms with Gasteiger partial charge >= 0.3 is 0 Å². The van der Waals surface area contributed by atoms with Crippen molar-refractivity contribution in [2.24, 2.45) is 10.7 Å². The van der Waals surface area contributed by atoms with Gasteiger partial charge in [-0.25, -0.2) is 9.98 Å². The molecular weight excluding hydrogens is 276 g/mol. The predicted molar refractivity (Wildman–Crippen MR) is 90.3 cm³/mol. The minimum atomic E-state index is 0.372. The fraction of sp³-hybridized carbons (Fsp3) is 0.294. The van der Waals surface area contributed by atoms with Gasteiger partial charge in [0.1, 0.15) is 0 Å². The van der Waals surface area contributed by atoms with Gasteiger partial charge in [0.15, 0.2) is 5.96 Å². The first-order valence-corrected chi connectivity index (χ1v) is 7.30. The average molecular weight is 298 g/mol. The Bertz CT molecular complexity index is 647. The summed E-state index contributed by atoms with van der Waals surface area (Å²) in [6.07, 6.45) is 1.70. The van der Waals surface area contributed by atoms with Gasteiger partial charge < -0.3 is 15.8 Å². The highest BCUT2D eigenvalue weighted by Crippen LogP contribution is 2.16. The van der Waals surface area contributed by atoms with Crippen LogP contribution in [-0.4, -0.2) is 17.6 Å². The number of aromatic nitrogens is 1. The van der Waals surface area contributed by atoms with Crippen molar-refractivity contribution in [2.45, 2.75) is 27.3 Å². The van der Waals surface area contributed by atoms with Crippen LogP contribution in [0, 0.1) is 13.8 Å². The van der Waals surface area contributed by atoms with Gasteiger partial charge in [-0.1, -0.05) is 12.1 Å². The molecule has 1 aromatic carbocycles. The van der Waals surface area contributed by atoms with E-state index in [2.05, 4.69) is 35.2 Å². The molecular formula is C17H22N4O. The lowest BCUT2D eigenvalue weighted by Crippen LogP contribution is -2.22. The monoisotopic (exact) mass is 298 g/mol. The first kappa shape index (κ1) is 15.8. The minimum absolute atomic E-state index is 0.372. The molecule has 2 rings (SSSR count). The first-order chi connectivity index (χ1) is 10.6. The smallest absolute Gasteiger partial charge is 0.218 e. The number of nitrogens with one attached hydrogen (secondary N) is 1. The van der Waals surface area contributed by atoms with Crippen LogP contribution < -0.4 is 15.8 Å². The van der Waals surface area contributed by atoms with E-state index in [4.69, 9.17) is 10.5 Å². The molecule has 5 heteroatoms. The van der Waals surface area contributed by atoms with Crippen LogP contribution >= 0.6 is 0 Å². The van der Waals surface area contributed by atoms with Crippen molar-refractivity contribution in [1.82, 2.24) is 4.98 Å². The van der Waals surface area contributed by atoms with Crippen LogP contribution in [0.3, 0.4) is 0 Å². The molecule has 0 radical (unpaired) electrons. The molecule has 116 valence electrons. The number of hydrogen-bond acceptors (Lipinski definition) is 3. The predicted octanol–water partition coefficient (Wildman–Crippen LogP) is 3.02. The van der Waals surface area contributed by atoms with Crippen LogP contribution in [0.5, 0.6) is 5.88 Å². The Morgan fingerprint density at radius 2 is 2.00 bits per heavy atom. The average Bonchev–Trinajstić information content (AvgIpc) is 2.45. The zero-order chi connectivity index (χ0) is 15.9. The number of ether oxygens (including phenoxy) is 1. The maximum absolute atomic E-state index is 5.96. The quantitative estimate of drug-likeness (QED) is 0.657. The van der Waals surface area contributed by atoms with Gasteiger partial charge in [0.2, 0.25) is 5.88 Å². The fourth-order valence-electron chi connectivity index (χ4n) is 2.22. The molecule has 0 amide bonds. The third kappa shape index (κ3) is 4.48. The van der Waals surface area contributed by atoms with Crippen LogP contribution in [0.2, 0.25) is 0 Å². The highest BCUT2D eigenvalue weighted by molar-refractivity contribution is 5.92. The van der Waals surface area contributed by atoms with Gasteiger partial charge in [-0.3, -0.25) is 0 Å². The van der Waals surface area contributed by atoms with E-state index in [1.807, 2.05) is 31.2 Å². The number of pyridine rings is 1. The number of nitrogens with zero attached hydrogens (tertiary/aromatic N) is 2. The lowest BCUT2D eigenvalue weighted by atomic mass is 10.1. The maximum atomic E-state index is 5.96. The second-order valence-corrected chi connectivity index (χ2v) is 5.10. The van der Waals surface area contributed by atoms with Gasteiger partial charge in [0, 0.05) is 17.4 Å². The summed E-state index contributed by atoms with van der Waals surface area (Å²) in [5.41, 5.74) is 10.2. The van der Waals surface area contributed by atoms with Crippen molar-refractivity contribution in [3.8, 4) is 5.88 Å². The van der Waals surface area contributed by atoms with Crippen molar-refractivity contribution in [2.75, 3.05) is 11.9 Å². The standard InChI is InChI=1S/C17H22N4O/c1-4-22-16-14(6-5-7-19-16)11-20-17(18)21-15-9-12(2)8-13(3)10-15/h5-10H,4,11H2,1-3H3,(H3,18,20,21). The molecule has 0 saturated heterocycles. The van der Waals surface area contributed by atoms with Crippen LogP contribution in [0.4, 0.5) is 5.69 Å².